The Kier molecular flexibility index (Phi) is 5.15. The topological polar surface area (TPSA) is 73.1 Å². The summed E-state index contributed by atoms with van der Waals surface area (Å²) >= 11 is 0. The van der Waals surface area contributed by atoms with E-state index in [1.165, 1.54) is 0 Å². The summed E-state index contributed by atoms with van der Waals surface area (Å²) in [4.78, 5) is 8.47. The molecule has 17 heavy (non-hydrogen) atoms. The molecular weight excluding hydrogens is 216 g/mol. The maximum Gasteiger partial charge on any atom is 0.158 e. The smallest absolute Gasteiger partial charge is 0.158 e. The summed E-state index contributed by atoms with van der Waals surface area (Å²) in [6, 6.07) is 2.14. The molecule has 96 valence electrons. The van der Waals surface area contributed by atoms with Gasteiger partial charge in [-0.2, -0.15) is 0 Å². The van der Waals surface area contributed by atoms with Gasteiger partial charge in [-0.05, 0) is 12.3 Å². The molecule has 0 saturated heterocycles. The molecule has 0 amide bonds. The summed E-state index contributed by atoms with van der Waals surface area (Å²) in [7, 11) is 1.61. The summed E-state index contributed by atoms with van der Waals surface area (Å²) in [6.07, 6.45) is 1.04. The van der Waals surface area contributed by atoms with Crippen molar-refractivity contribution < 1.29 is 4.74 Å². The number of ether oxygens (including phenoxy) is 1. The van der Waals surface area contributed by atoms with E-state index in [9.17, 15) is 0 Å². The van der Waals surface area contributed by atoms with Crippen molar-refractivity contribution in [2.24, 2.45) is 5.92 Å². The van der Waals surface area contributed by atoms with E-state index in [4.69, 9.17) is 10.5 Å². The number of rotatable bonds is 6. The van der Waals surface area contributed by atoms with E-state index in [2.05, 4.69) is 36.1 Å². The van der Waals surface area contributed by atoms with Crippen LogP contribution in [0.1, 0.15) is 33.0 Å². The molecule has 1 unspecified atom stereocenters. The molecule has 1 atom stereocenters. The van der Waals surface area contributed by atoms with E-state index < -0.39 is 0 Å². The van der Waals surface area contributed by atoms with Crippen LogP contribution in [0.25, 0.3) is 0 Å². The number of hydrogen-bond acceptors (Lipinski definition) is 5. The van der Waals surface area contributed by atoms with Gasteiger partial charge in [0, 0.05) is 19.2 Å². The van der Waals surface area contributed by atoms with E-state index >= 15 is 0 Å². The lowest BCUT2D eigenvalue weighted by atomic mass is 10.0. The highest BCUT2D eigenvalue weighted by Gasteiger charge is 2.12. The van der Waals surface area contributed by atoms with Crippen LogP contribution in [0.2, 0.25) is 0 Å². The molecule has 0 bridgehead atoms. The highest BCUT2D eigenvalue weighted by Crippen LogP contribution is 2.15. The van der Waals surface area contributed by atoms with Crippen LogP contribution in [-0.4, -0.2) is 23.1 Å². The Labute approximate surface area is 103 Å². The Bertz CT molecular complexity index is 354. The van der Waals surface area contributed by atoms with Gasteiger partial charge in [-0.25, -0.2) is 9.97 Å². The van der Waals surface area contributed by atoms with Gasteiger partial charge in [0.2, 0.25) is 0 Å². The molecular formula is C12H22N4O. The van der Waals surface area contributed by atoms with Crippen molar-refractivity contribution in [2.75, 3.05) is 18.2 Å². The standard InChI is InChI=1S/C12H22N4O/c1-5-9(8(2)3)14-11-6-10(13)15-12(16-11)7-17-4/h6,8-9H,5,7H2,1-4H3,(H3,13,14,15,16). The molecule has 5 nitrogen and oxygen atoms in total. The van der Waals surface area contributed by atoms with Crippen molar-refractivity contribution >= 4 is 11.6 Å². The van der Waals surface area contributed by atoms with Crippen LogP contribution in [0.3, 0.4) is 0 Å². The van der Waals surface area contributed by atoms with Gasteiger partial charge >= 0.3 is 0 Å². The number of hydrogen-bond donors (Lipinski definition) is 2. The van der Waals surface area contributed by atoms with E-state index in [1.54, 1.807) is 13.2 Å². The van der Waals surface area contributed by atoms with Crippen LogP contribution in [0.4, 0.5) is 11.6 Å². The largest absolute Gasteiger partial charge is 0.384 e. The van der Waals surface area contributed by atoms with E-state index in [0.717, 1.165) is 12.2 Å². The highest BCUT2D eigenvalue weighted by molar-refractivity contribution is 5.45. The first-order valence-corrected chi connectivity index (χ1v) is 5.95. The molecule has 1 heterocycles. The Morgan fingerprint density at radius 2 is 2.12 bits per heavy atom. The van der Waals surface area contributed by atoms with Gasteiger partial charge in [0.1, 0.15) is 18.2 Å². The fraction of sp³-hybridized carbons (Fsp3) is 0.667. The molecule has 5 heteroatoms. The van der Waals surface area contributed by atoms with E-state index in [1.807, 2.05) is 0 Å². The second-order valence-corrected chi connectivity index (χ2v) is 4.43. The fourth-order valence-electron chi connectivity index (χ4n) is 1.72. The zero-order valence-electron chi connectivity index (χ0n) is 11.0. The van der Waals surface area contributed by atoms with Crippen molar-refractivity contribution in [1.82, 2.24) is 9.97 Å². The van der Waals surface area contributed by atoms with Gasteiger partial charge in [-0.15, -0.1) is 0 Å². The molecule has 0 aliphatic heterocycles. The molecule has 0 saturated carbocycles. The number of methoxy groups -OCH3 is 1. The van der Waals surface area contributed by atoms with Crippen molar-refractivity contribution in [3.63, 3.8) is 0 Å². The third kappa shape index (κ3) is 4.19. The van der Waals surface area contributed by atoms with Crippen molar-refractivity contribution in [3.8, 4) is 0 Å². The number of nitrogens with two attached hydrogens (primary N) is 1. The Hall–Kier alpha value is -1.36. The van der Waals surface area contributed by atoms with E-state index in [-0.39, 0.29) is 0 Å². The minimum Gasteiger partial charge on any atom is -0.384 e. The van der Waals surface area contributed by atoms with Gasteiger partial charge < -0.3 is 15.8 Å². The molecule has 1 aromatic rings. The lowest BCUT2D eigenvalue weighted by molar-refractivity contribution is 0.178. The predicted octanol–water partition coefficient (Wildman–Crippen LogP) is 2.05. The molecule has 1 aromatic heterocycles. The number of anilines is 2. The Balaban J connectivity index is 2.82. The van der Waals surface area contributed by atoms with Crippen LogP contribution >= 0.6 is 0 Å². The molecule has 0 aliphatic carbocycles. The number of nitrogens with zero attached hydrogens (tertiary/aromatic N) is 2. The molecule has 3 N–H and O–H groups in total. The molecule has 0 spiro atoms. The lowest BCUT2D eigenvalue weighted by Gasteiger charge is -2.21. The quantitative estimate of drug-likeness (QED) is 0.793. The SMILES string of the molecule is CCC(Nc1cc(N)nc(COC)n1)C(C)C. The predicted molar refractivity (Wildman–Crippen MR) is 69.7 cm³/mol. The lowest BCUT2D eigenvalue weighted by Crippen LogP contribution is -2.25. The van der Waals surface area contributed by atoms with Gasteiger partial charge in [0.05, 0.1) is 0 Å². The van der Waals surface area contributed by atoms with Crippen molar-refractivity contribution in [2.45, 2.75) is 39.8 Å². The zero-order valence-corrected chi connectivity index (χ0v) is 11.0. The van der Waals surface area contributed by atoms with Crippen LogP contribution in [-0.2, 0) is 11.3 Å². The minimum absolute atomic E-state index is 0.373. The third-order valence-electron chi connectivity index (χ3n) is 2.64. The normalized spacial score (nSPS) is 12.8. The summed E-state index contributed by atoms with van der Waals surface area (Å²) in [5.41, 5.74) is 5.74. The number of nitrogen functional groups attached to an aromatic ring is 1. The monoisotopic (exact) mass is 238 g/mol. The minimum atomic E-state index is 0.373. The molecule has 0 aromatic carbocycles. The van der Waals surface area contributed by atoms with Crippen molar-refractivity contribution in [1.29, 1.82) is 0 Å². The van der Waals surface area contributed by atoms with E-state index in [0.29, 0.717) is 30.2 Å². The summed E-state index contributed by atoms with van der Waals surface area (Å²) in [6.45, 7) is 6.89. The van der Waals surface area contributed by atoms with Crippen LogP contribution in [0.5, 0.6) is 0 Å². The summed E-state index contributed by atoms with van der Waals surface area (Å²) < 4.78 is 5.01. The van der Waals surface area contributed by atoms with Crippen LogP contribution < -0.4 is 11.1 Å². The van der Waals surface area contributed by atoms with Crippen LogP contribution in [0.15, 0.2) is 6.07 Å². The number of aromatic nitrogens is 2. The molecule has 0 aliphatic rings. The summed E-state index contributed by atoms with van der Waals surface area (Å²) in [5, 5.41) is 3.38. The summed E-state index contributed by atoms with van der Waals surface area (Å²) in [5.74, 6) is 2.38. The first-order valence-electron chi connectivity index (χ1n) is 5.95. The third-order valence-corrected chi connectivity index (χ3v) is 2.64. The maximum absolute atomic E-state index is 5.74. The van der Waals surface area contributed by atoms with Crippen molar-refractivity contribution in [3.05, 3.63) is 11.9 Å². The molecule has 1 rings (SSSR count). The highest BCUT2D eigenvalue weighted by atomic mass is 16.5. The molecule has 0 fully saturated rings. The van der Waals surface area contributed by atoms with Gasteiger partial charge in [-0.3, -0.25) is 0 Å². The second kappa shape index (κ2) is 6.39. The first kappa shape index (κ1) is 13.7. The van der Waals surface area contributed by atoms with Gasteiger partial charge in [0.15, 0.2) is 5.82 Å². The molecule has 0 radical (unpaired) electrons. The number of nitrogens with one attached hydrogen (secondary N) is 1. The van der Waals surface area contributed by atoms with Gasteiger partial charge in [-0.1, -0.05) is 20.8 Å². The van der Waals surface area contributed by atoms with Gasteiger partial charge in [0.25, 0.3) is 0 Å². The second-order valence-electron chi connectivity index (χ2n) is 4.43. The average Bonchev–Trinajstić information content (AvgIpc) is 2.25. The maximum atomic E-state index is 5.74. The average molecular weight is 238 g/mol. The Morgan fingerprint density at radius 3 is 2.65 bits per heavy atom. The first-order chi connectivity index (χ1) is 8.06. The Morgan fingerprint density at radius 1 is 1.41 bits per heavy atom. The fourth-order valence-corrected chi connectivity index (χ4v) is 1.72. The zero-order chi connectivity index (χ0) is 12.8. The van der Waals surface area contributed by atoms with Crippen LogP contribution in [0, 0.1) is 5.92 Å².